The minimum absolute atomic E-state index is 0.328. The van der Waals surface area contributed by atoms with Gasteiger partial charge in [0.15, 0.2) is 0 Å². The number of hydrogen-bond donors (Lipinski definition) is 0. The van der Waals surface area contributed by atoms with E-state index in [-0.39, 0.29) is 18.3 Å². The highest BCUT2D eigenvalue weighted by Gasteiger charge is 2.53. The molecule has 6 heteroatoms. The Morgan fingerprint density at radius 2 is 1.70 bits per heavy atom. The predicted octanol–water partition coefficient (Wildman–Crippen LogP) is 1.45. The SMILES string of the molecule is COCCn1nc(C)c(B2OC(C)(C)C(C)(C)O2)c1C. The van der Waals surface area contributed by atoms with Gasteiger partial charge in [-0.2, -0.15) is 5.10 Å². The average molecular weight is 280 g/mol. The zero-order chi connectivity index (χ0) is 15.1. The second kappa shape index (κ2) is 5.17. The molecule has 0 unspecified atom stereocenters. The fourth-order valence-electron chi connectivity index (χ4n) is 2.41. The summed E-state index contributed by atoms with van der Waals surface area (Å²) >= 11 is 0. The van der Waals surface area contributed by atoms with E-state index in [4.69, 9.17) is 14.0 Å². The molecule has 5 nitrogen and oxygen atoms in total. The number of aryl methyl sites for hydroxylation is 1. The third-order valence-electron chi connectivity index (χ3n) is 4.43. The number of methoxy groups -OCH3 is 1. The number of aromatic nitrogens is 2. The summed E-state index contributed by atoms with van der Waals surface area (Å²) in [4.78, 5) is 0. The zero-order valence-electron chi connectivity index (χ0n) is 13.6. The first-order valence-corrected chi connectivity index (χ1v) is 7.08. The van der Waals surface area contributed by atoms with Crippen molar-refractivity contribution in [1.29, 1.82) is 0 Å². The second-order valence-electron chi connectivity index (χ2n) is 6.39. The zero-order valence-corrected chi connectivity index (χ0v) is 13.6. The molecule has 0 aliphatic carbocycles. The number of rotatable bonds is 4. The van der Waals surface area contributed by atoms with Crippen LogP contribution < -0.4 is 5.46 Å². The Balaban J connectivity index is 2.29. The maximum Gasteiger partial charge on any atom is 0.498 e. The molecule has 2 heterocycles. The highest BCUT2D eigenvalue weighted by atomic mass is 16.7. The van der Waals surface area contributed by atoms with Gasteiger partial charge < -0.3 is 14.0 Å². The topological polar surface area (TPSA) is 45.5 Å². The van der Waals surface area contributed by atoms with E-state index < -0.39 is 0 Å². The maximum atomic E-state index is 6.12. The van der Waals surface area contributed by atoms with Gasteiger partial charge in [-0.3, -0.25) is 4.68 Å². The molecule has 1 fully saturated rings. The Kier molecular flexibility index (Phi) is 4.02. The quantitative estimate of drug-likeness (QED) is 0.783. The third-order valence-corrected chi connectivity index (χ3v) is 4.43. The van der Waals surface area contributed by atoms with E-state index in [1.807, 2.05) is 11.6 Å². The van der Waals surface area contributed by atoms with Gasteiger partial charge in [-0.25, -0.2) is 0 Å². The van der Waals surface area contributed by atoms with Crippen LogP contribution in [0.4, 0.5) is 0 Å². The lowest BCUT2D eigenvalue weighted by Gasteiger charge is -2.32. The molecule has 0 radical (unpaired) electrons. The monoisotopic (exact) mass is 280 g/mol. The van der Waals surface area contributed by atoms with Crippen molar-refractivity contribution in [3.05, 3.63) is 11.4 Å². The minimum atomic E-state index is -0.351. The lowest BCUT2D eigenvalue weighted by Crippen LogP contribution is -2.41. The molecule has 0 amide bonds. The Bertz CT molecular complexity index is 481. The first kappa shape index (κ1) is 15.5. The summed E-state index contributed by atoms with van der Waals surface area (Å²) < 4.78 is 19.3. The summed E-state index contributed by atoms with van der Waals surface area (Å²) in [6.07, 6.45) is 0. The summed E-state index contributed by atoms with van der Waals surface area (Å²) in [5, 5.41) is 4.56. The predicted molar refractivity (Wildman–Crippen MR) is 79.3 cm³/mol. The van der Waals surface area contributed by atoms with E-state index in [1.165, 1.54) is 0 Å². The van der Waals surface area contributed by atoms with Crippen molar-refractivity contribution >= 4 is 12.6 Å². The summed E-state index contributed by atoms with van der Waals surface area (Å²) in [7, 11) is 1.34. The van der Waals surface area contributed by atoms with Gasteiger partial charge in [0.25, 0.3) is 0 Å². The summed E-state index contributed by atoms with van der Waals surface area (Å²) in [6, 6.07) is 0. The van der Waals surface area contributed by atoms with Crippen molar-refractivity contribution in [2.45, 2.75) is 59.3 Å². The number of nitrogens with zero attached hydrogens (tertiary/aromatic N) is 2. The van der Waals surface area contributed by atoms with E-state index >= 15 is 0 Å². The Morgan fingerprint density at radius 3 is 2.20 bits per heavy atom. The van der Waals surface area contributed by atoms with Gasteiger partial charge in [-0.1, -0.05) is 0 Å². The molecule has 1 aliphatic rings. The van der Waals surface area contributed by atoms with Crippen LogP contribution in [0.1, 0.15) is 39.1 Å². The van der Waals surface area contributed by atoms with Gasteiger partial charge in [0, 0.05) is 18.3 Å². The molecule has 112 valence electrons. The van der Waals surface area contributed by atoms with Gasteiger partial charge >= 0.3 is 7.12 Å². The van der Waals surface area contributed by atoms with E-state index in [0.717, 1.165) is 23.4 Å². The van der Waals surface area contributed by atoms with Gasteiger partial charge in [0.05, 0.1) is 30.0 Å². The molecule has 1 saturated heterocycles. The summed E-state index contributed by atoms with van der Waals surface area (Å²) in [6.45, 7) is 13.7. The van der Waals surface area contributed by atoms with E-state index in [1.54, 1.807) is 7.11 Å². The molecule has 20 heavy (non-hydrogen) atoms. The molecule has 0 saturated carbocycles. The van der Waals surface area contributed by atoms with Gasteiger partial charge in [-0.05, 0) is 41.5 Å². The van der Waals surface area contributed by atoms with E-state index in [0.29, 0.717) is 6.61 Å². The Hall–Kier alpha value is -0.845. The summed E-state index contributed by atoms with van der Waals surface area (Å²) in [5.74, 6) is 0. The van der Waals surface area contributed by atoms with Crippen LogP contribution in [0.15, 0.2) is 0 Å². The Labute approximate surface area is 121 Å². The van der Waals surface area contributed by atoms with Crippen molar-refractivity contribution < 1.29 is 14.0 Å². The largest absolute Gasteiger partial charge is 0.498 e. The van der Waals surface area contributed by atoms with Gasteiger partial charge in [-0.15, -0.1) is 0 Å². The maximum absolute atomic E-state index is 6.12. The van der Waals surface area contributed by atoms with Crippen LogP contribution >= 0.6 is 0 Å². The lowest BCUT2D eigenvalue weighted by molar-refractivity contribution is 0.00578. The van der Waals surface area contributed by atoms with Crippen LogP contribution in [0.25, 0.3) is 0 Å². The van der Waals surface area contributed by atoms with Crippen molar-refractivity contribution in [2.75, 3.05) is 13.7 Å². The molecule has 2 rings (SSSR count). The van der Waals surface area contributed by atoms with Crippen LogP contribution in [-0.4, -0.2) is 41.8 Å². The molecule has 0 N–H and O–H groups in total. The third kappa shape index (κ3) is 2.52. The van der Waals surface area contributed by atoms with E-state index in [2.05, 4.69) is 39.7 Å². The fourth-order valence-corrected chi connectivity index (χ4v) is 2.41. The normalized spacial score (nSPS) is 20.6. The van der Waals surface area contributed by atoms with Crippen LogP contribution in [-0.2, 0) is 20.6 Å². The Morgan fingerprint density at radius 1 is 1.15 bits per heavy atom. The van der Waals surface area contributed by atoms with Crippen molar-refractivity contribution in [3.8, 4) is 0 Å². The highest BCUT2D eigenvalue weighted by molar-refractivity contribution is 6.63. The molecule has 0 atom stereocenters. The highest BCUT2D eigenvalue weighted by Crippen LogP contribution is 2.36. The van der Waals surface area contributed by atoms with Crippen molar-refractivity contribution in [2.24, 2.45) is 0 Å². The molecular formula is C14H25BN2O3. The minimum Gasteiger partial charge on any atom is -0.399 e. The van der Waals surface area contributed by atoms with E-state index in [9.17, 15) is 0 Å². The van der Waals surface area contributed by atoms with Gasteiger partial charge in [0.2, 0.25) is 0 Å². The first-order valence-electron chi connectivity index (χ1n) is 7.08. The standard InChI is InChI=1S/C14H25BN2O3/c1-10-12(11(2)17(16-10)8-9-18-7)15-19-13(3,4)14(5,6)20-15/h8-9H2,1-7H3. The molecule has 0 bridgehead atoms. The van der Waals surface area contributed by atoms with Crippen molar-refractivity contribution in [3.63, 3.8) is 0 Å². The van der Waals surface area contributed by atoms with Crippen LogP contribution in [0.5, 0.6) is 0 Å². The van der Waals surface area contributed by atoms with Crippen LogP contribution in [0, 0.1) is 13.8 Å². The van der Waals surface area contributed by atoms with Gasteiger partial charge in [0.1, 0.15) is 0 Å². The van der Waals surface area contributed by atoms with Crippen LogP contribution in [0.2, 0.25) is 0 Å². The number of hydrogen-bond acceptors (Lipinski definition) is 4. The molecule has 1 aromatic heterocycles. The van der Waals surface area contributed by atoms with Crippen LogP contribution in [0.3, 0.4) is 0 Å². The fraction of sp³-hybridized carbons (Fsp3) is 0.786. The molecule has 1 aromatic rings. The van der Waals surface area contributed by atoms with Crippen molar-refractivity contribution in [1.82, 2.24) is 9.78 Å². The second-order valence-corrected chi connectivity index (χ2v) is 6.39. The number of ether oxygens (including phenoxy) is 1. The summed E-state index contributed by atoms with van der Waals surface area (Å²) in [5.41, 5.74) is 2.42. The molecule has 0 aromatic carbocycles. The average Bonchev–Trinajstić information content (AvgIpc) is 2.70. The first-order chi connectivity index (χ1) is 9.19. The molecule has 0 spiro atoms. The molecular weight excluding hydrogens is 255 g/mol. The molecule has 1 aliphatic heterocycles. The lowest BCUT2D eigenvalue weighted by atomic mass is 9.77. The smallest absolute Gasteiger partial charge is 0.399 e.